The Morgan fingerprint density at radius 2 is 0.958 bits per heavy atom. The fraction of sp³-hybridized carbons (Fsp3) is 0.443. The number of aliphatic hydroxyl groups excluding tert-OH is 2. The normalized spacial score (nSPS) is 21.9. The first kappa shape index (κ1) is 94.2. The van der Waals surface area contributed by atoms with Crippen LogP contribution in [0.4, 0.5) is 26.3 Å². The van der Waals surface area contributed by atoms with E-state index >= 15 is 0 Å². The van der Waals surface area contributed by atoms with Gasteiger partial charge in [-0.1, -0.05) is 167 Å². The molecule has 120 heavy (non-hydrogen) atoms. The molecule has 14 rings (SSSR count). The quantitative estimate of drug-likeness (QED) is 0.0383. The van der Waals surface area contributed by atoms with Gasteiger partial charge in [0.25, 0.3) is 0 Å². The van der Waals surface area contributed by atoms with Crippen molar-refractivity contribution in [1.82, 2.24) is 29.1 Å². The molecule has 5 saturated heterocycles. The maximum absolute atomic E-state index is 13.0. The zero-order valence-corrected chi connectivity index (χ0v) is 76.7. The minimum atomic E-state index is -5.22. The van der Waals surface area contributed by atoms with Crippen molar-refractivity contribution in [1.29, 1.82) is 0 Å². The fourth-order valence-electron chi connectivity index (χ4n) is 12.6. The van der Waals surface area contributed by atoms with E-state index in [0.717, 1.165) is 45.0 Å². The molecule has 5 aliphatic heterocycles. The summed E-state index contributed by atoms with van der Waals surface area (Å²) in [5.41, 5.74) is 6.05. The number of aromatic nitrogens is 6. The first-order chi connectivity index (χ1) is 56.0. The van der Waals surface area contributed by atoms with Gasteiger partial charge in [-0.25, -0.2) is 18.4 Å². The Bertz CT molecular complexity index is 5510. The predicted octanol–water partition coefficient (Wildman–Crippen LogP) is 15.6. The van der Waals surface area contributed by atoms with E-state index in [-0.39, 0.29) is 55.2 Å². The third-order valence-electron chi connectivity index (χ3n) is 20.0. The SMILES string of the molecule is CC1(C)OB(c2ccc(-c3nc4c(cc3Cl)nc(O[C@@H]3CO[C@H]5[C@@H]3OC[C@H]5O)n4COCC[Si](C)(C)C)cc2)OC1(C)C.CS(=O)(=NC(=O)C(F)(F)F)c1cccc(Br)c1.CS(=O)c1cccc(Br)c1.C[Si](C)(C)CCOCn1c(O[C@@H]2CO[C@H]3[C@@H]2OC[C@H]3O)nc2cc(Cl)c(-c3ccc(-c4cccc(S(C)(=O)=NC(=O)C(F)(F)F)c4)cc3)nc21. The Morgan fingerprint density at radius 1 is 0.567 bits per heavy atom. The smallest absolute Gasteiger partial charge is 0.456 e. The summed E-state index contributed by atoms with van der Waals surface area (Å²) in [5, 5.41) is 21.2. The van der Waals surface area contributed by atoms with Crippen LogP contribution in [0, 0.1) is 0 Å². The molecule has 9 heterocycles. The van der Waals surface area contributed by atoms with Gasteiger partial charge in [0.1, 0.15) is 61.1 Å². The highest BCUT2D eigenvalue weighted by molar-refractivity contribution is 9.10. The first-order valence-corrected chi connectivity index (χ1v) is 52.8. The third kappa shape index (κ3) is 23.6. The van der Waals surface area contributed by atoms with Crippen LogP contribution < -0.4 is 14.9 Å². The molecule has 5 fully saturated rings. The van der Waals surface area contributed by atoms with Crippen molar-refractivity contribution in [2.75, 3.05) is 58.4 Å². The van der Waals surface area contributed by atoms with Crippen LogP contribution >= 0.6 is 55.1 Å². The van der Waals surface area contributed by atoms with Crippen LogP contribution in [0.2, 0.25) is 61.4 Å². The van der Waals surface area contributed by atoms with Crippen molar-refractivity contribution < 1.29 is 106 Å². The van der Waals surface area contributed by atoms with Gasteiger partial charge >= 0.3 is 43.3 Å². The zero-order valence-electron chi connectivity index (χ0n) is 67.6. The van der Waals surface area contributed by atoms with Crippen molar-refractivity contribution in [3.63, 3.8) is 0 Å². The Morgan fingerprint density at radius 3 is 1.36 bits per heavy atom. The molecule has 5 aromatic carbocycles. The maximum Gasteiger partial charge on any atom is 0.494 e. The van der Waals surface area contributed by atoms with Crippen LogP contribution in [0.25, 0.3) is 56.0 Å². The number of aliphatic hydroxyl groups is 2. The van der Waals surface area contributed by atoms with E-state index in [4.69, 9.17) is 85.4 Å². The van der Waals surface area contributed by atoms with Gasteiger partial charge in [-0.05, 0) is 117 Å². The molecular weight excluding hydrogens is 1840 g/mol. The molecule has 3 unspecified atom stereocenters. The summed E-state index contributed by atoms with van der Waals surface area (Å²) in [4.78, 5) is 42.3. The number of hydrogen-bond acceptors (Lipinski definition) is 21. The molecule has 0 aliphatic carbocycles. The minimum Gasteiger partial charge on any atom is -0.456 e. The second-order valence-electron chi connectivity index (χ2n) is 32.4. The summed E-state index contributed by atoms with van der Waals surface area (Å²) in [5.74, 6) is -4.74. The molecule has 2 amide bonds. The predicted molar refractivity (Wildman–Crippen MR) is 457 cm³/mol. The van der Waals surface area contributed by atoms with Crippen molar-refractivity contribution in [2.45, 2.75) is 180 Å². The van der Waals surface area contributed by atoms with E-state index in [2.05, 4.69) is 84.9 Å². The summed E-state index contributed by atoms with van der Waals surface area (Å²) in [7, 11) is -11.0. The lowest BCUT2D eigenvalue weighted by molar-refractivity contribution is -0.169. The first-order valence-electron chi connectivity index (χ1n) is 37.7. The highest BCUT2D eigenvalue weighted by atomic mass is 79.9. The van der Waals surface area contributed by atoms with Crippen LogP contribution in [-0.4, -0.2) is 218 Å². The lowest BCUT2D eigenvalue weighted by atomic mass is 9.79. The van der Waals surface area contributed by atoms with Gasteiger partial charge in [-0.15, -0.1) is 8.73 Å². The molecule has 5 aliphatic rings. The number of amides is 2. The lowest BCUT2D eigenvalue weighted by Gasteiger charge is -2.32. The standard InChI is InChI=1S/C33H36ClF3N4O7SSi.C30H41BClN3O7Si.C9H7BrF3NO2S.C7H7BrOS/c1-49(44,40-31(43)33(35,36)37)22-7-5-6-21(14-22)19-8-10-20(11-9-19)27-23(34)15-24-30(39-27)41(18-45-12-13-50(2,3)4)32(38-24)48-26-17-47-28-25(42)16-46-29(26)28;1-29(2)30(3,4)42-31(41-29)19-10-8-18(9-11-19)24-20(32)14-21-27(34-24)35(17-37-12-13-43(5,6)7)28(33-21)40-23-16-39-25-22(36)15-38-26(23)25;1-17(16,14-8(15)9(11,12)13)7-4-2-3-6(10)5-7;1-10(9)7-4-2-3-6(8)5-7/h5-11,14-15,25-26,28-29,42H,12-13,16-18H2,1-4H3;8-11,14,22-23,25-26,36H,12-13,15-17H2,1-7H3;2-5H,1H3;2-5H,1H3/t25-,26-,28-,29-,49?;22-,23-,25-,26-;;/m11../s1. The summed E-state index contributed by atoms with van der Waals surface area (Å²) < 4.78 is 181. The molecule has 25 nitrogen and oxygen atoms in total. The summed E-state index contributed by atoms with van der Waals surface area (Å²) in [6.07, 6.45) is -10.7. The van der Waals surface area contributed by atoms with E-state index in [0.29, 0.717) is 90.8 Å². The number of ether oxygens (including phenoxy) is 8. The minimum absolute atomic E-state index is 0.0134. The number of benzene rings is 5. The van der Waals surface area contributed by atoms with Gasteiger partial charge in [0.15, 0.2) is 23.5 Å². The summed E-state index contributed by atoms with van der Waals surface area (Å²) in [6.45, 7) is 24.3. The van der Waals surface area contributed by atoms with E-state index in [1.807, 2.05) is 80.8 Å². The molecule has 0 spiro atoms. The van der Waals surface area contributed by atoms with Crippen molar-refractivity contribution in [3.8, 4) is 45.7 Å². The number of hydrogen-bond donors (Lipinski definition) is 2. The number of rotatable bonds is 21. The molecule has 41 heteroatoms. The van der Waals surface area contributed by atoms with Gasteiger partial charge in [0.2, 0.25) is 0 Å². The fourth-order valence-corrected chi connectivity index (χ4v) is 18.7. The number of imidazole rings is 2. The number of pyridine rings is 2. The zero-order chi connectivity index (χ0) is 87.6. The second kappa shape index (κ2) is 38.2. The molecule has 4 aromatic heterocycles. The van der Waals surface area contributed by atoms with Crippen LogP contribution in [0.1, 0.15) is 27.7 Å². The van der Waals surface area contributed by atoms with Gasteiger partial charge in [-0.2, -0.15) is 36.3 Å². The second-order valence-corrected chi connectivity index (χ2v) is 52.2. The molecule has 0 radical (unpaired) electrons. The molecule has 648 valence electrons. The molecule has 2 N–H and O–H groups in total. The monoisotopic (exact) mass is 1930 g/mol. The largest absolute Gasteiger partial charge is 0.494 e. The molecule has 0 saturated carbocycles. The summed E-state index contributed by atoms with van der Waals surface area (Å²) >= 11 is 19.9. The highest BCUT2D eigenvalue weighted by Gasteiger charge is 2.53. The average molecular weight is 1930 g/mol. The van der Waals surface area contributed by atoms with Gasteiger partial charge in [0, 0.05) is 93.7 Å². The lowest BCUT2D eigenvalue weighted by Crippen LogP contribution is -2.41. The van der Waals surface area contributed by atoms with Crippen LogP contribution in [0.15, 0.2) is 166 Å². The third-order valence-corrected chi connectivity index (χ3v) is 29.2. The van der Waals surface area contributed by atoms with Crippen molar-refractivity contribution in [2.24, 2.45) is 8.73 Å². The number of alkyl halides is 6. The van der Waals surface area contributed by atoms with Crippen molar-refractivity contribution >= 4 is 148 Å². The molecule has 0 bridgehead atoms. The van der Waals surface area contributed by atoms with Crippen LogP contribution in [-0.2, 0) is 91.0 Å². The van der Waals surface area contributed by atoms with Gasteiger partial charge in [0.05, 0.1) is 78.5 Å². The van der Waals surface area contributed by atoms with E-state index in [1.54, 1.807) is 59.4 Å². The number of nitrogens with zero attached hydrogens (tertiary/aromatic N) is 8. The van der Waals surface area contributed by atoms with Gasteiger partial charge in [-0.3, -0.25) is 22.9 Å². The number of carbonyl (C=O) groups excluding carboxylic acids is 2. The molecule has 9 aromatic rings. The Kier molecular flexibility index (Phi) is 30.0. The van der Waals surface area contributed by atoms with Crippen LogP contribution in [0.3, 0.4) is 0 Å². The molecule has 11 atom stereocenters. The van der Waals surface area contributed by atoms with E-state index in [1.165, 1.54) is 36.4 Å². The Balaban J connectivity index is 0.000000180. The number of fused-ring (bicyclic) bond motifs is 4. The number of halogens is 10. The number of carbonyl (C=O) groups is 2. The van der Waals surface area contributed by atoms with E-state index < -0.39 is 132 Å². The molecular formula is C79H91BBr2Cl2F6N8O17S3Si2. The van der Waals surface area contributed by atoms with Gasteiger partial charge < -0.3 is 57.4 Å². The summed E-state index contributed by atoms with van der Waals surface area (Å²) in [6, 6.07) is 40.4. The average Bonchev–Trinajstić information content (AvgIpc) is 1.66. The Labute approximate surface area is 722 Å². The Hall–Kier alpha value is -6.45. The highest BCUT2D eigenvalue weighted by Crippen LogP contribution is 2.40. The topological polar surface area (TPSA) is 304 Å². The maximum atomic E-state index is 13.0. The van der Waals surface area contributed by atoms with E-state index in [9.17, 15) is 58.8 Å². The van der Waals surface area contributed by atoms with Crippen molar-refractivity contribution in [3.05, 3.63) is 152 Å². The van der Waals surface area contributed by atoms with Crippen LogP contribution in [0.5, 0.6) is 12.0 Å².